The van der Waals surface area contributed by atoms with E-state index < -0.39 is 9.84 Å². The van der Waals surface area contributed by atoms with E-state index in [1.54, 1.807) is 36.7 Å². The van der Waals surface area contributed by atoms with Gasteiger partial charge in [-0.2, -0.15) is 0 Å². The van der Waals surface area contributed by atoms with Crippen molar-refractivity contribution in [2.24, 2.45) is 5.41 Å². The Morgan fingerprint density at radius 1 is 1.04 bits per heavy atom. The summed E-state index contributed by atoms with van der Waals surface area (Å²) in [5, 5.41) is 0. The molecule has 1 aromatic heterocycles. The van der Waals surface area contributed by atoms with Gasteiger partial charge in [-0.1, -0.05) is 26.0 Å². The molecule has 5 heteroatoms. The van der Waals surface area contributed by atoms with Crippen LogP contribution in [0.5, 0.6) is 0 Å². The van der Waals surface area contributed by atoms with E-state index in [4.69, 9.17) is 0 Å². The fourth-order valence-electron chi connectivity index (χ4n) is 3.46. The number of Topliss-reactive ketones (excluding diaryl/α,β-unsaturated/α-hetero) is 1. The molecule has 25 heavy (non-hydrogen) atoms. The summed E-state index contributed by atoms with van der Waals surface area (Å²) in [5.74, 6) is 0.123. The molecule has 0 spiro atoms. The number of allylic oxidation sites excluding steroid dienone is 2. The number of rotatable bonds is 4. The second-order valence-corrected chi connectivity index (χ2v) is 8.81. The van der Waals surface area contributed by atoms with Crippen molar-refractivity contribution in [3.8, 4) is 0 Å². The topological polar surface area (TPSA) is 64.1 Å². The lowest BCUT2D eigenvalue weighted by atomic mass is 9.77. The Kier molecular flexibility index (Phi) is 4.37. The minimum absolute atomic E-state index is 0.123. The van der Waals surface area contributed by atoms with Crippen LogP contribution in [0.3, 0.4) is 0 Å². The number of carbonyl (C=O) groups is 1. The number of ketones is 1. The first-order valence-corrected chi connectivity index (χ1v) is 10.1. The van der Waals surface area contributed by atoms with Crippen LogP contribution in [-0.2, 0) is 14.6 Å². The highest BCUT2D eigenvalue weighted by molar-refractivity contribution is 7.90. The minimum atomic E-state index is -3.25. The van der Waals surface area contributed by atoms with Crippen molar-refractivity contribution in [1.29, 1.82) is 0 Å². The molecule has 0 radical (unpaired) electrons. The van der Waals surface area contributed by atoms with E-state index in [-0.39, 0.29) is 16.1 Å². The fourth-order valence-corrected chi connectivity index (χ4v) is 4.09. The van der Waals surface area contributed by atoms with Gasteiger partial charge in [-0.3, -0.25) is 9.78 Å². The van der Waals surface area contributed by atoms with Crippen LogP contribution >= 0.6 is 0 Å². The number of aromatic nitrogens is 1. The quantitative estimate of drug-likeness (QED) is 0.837. The third-order valence-corrected chi connectivity index (χ3v) is 6.13. The maximum atomic E-state index is 12.8. The second kappa shape index (κ2) is 6.23. The highest BCUT2D eigenvalue weighted by Gasteiger charge is 2.41. The summed E-state index contributed by atoms with van der Waals surface area (Å²) in [6.45, 7) is 4.17. The number of hydrogen-bond acceptors (Lipinski definition) is 4. The summed E-state index contributed by atoms with van der Waals surface area (Å²) in [6.07, 6.45) is 5.85. The number of benzene rings is 1. The van der Waals surface area contributed by atoms with Gasteiger partial charge in [0, 0.05) is 36.1 Å². The van der Waals surface area contributed by atoms with E-state index in [0.29, 0.717) is 6.42 Å². The average Bonchev–Trinajstić information content (AvgIpc) is 2.86. The van der Waals surface area contributed by atoms with Gasteiger partial charge < -0.3 is 0 Å². The van der Waals surface area contributed by atoms with Crippen LogP contribution in [0.15, 0.2) is 53.7 Å². The van der Waals surface area contributed by atoms with Crippen LogP contribution < -0.4 is 0 Å². The van der Waals surface area contributed by atoms with Crippen molar-refractivity contribution in [3.05, 3.63) is 59.9 Å². The van der Waals surface area contributed by atoms with Crippen LogP contribution in [0.4, 0.5) is 0 Å². The molecule has 0 amide bonds. The third-order valence-electron chi connectivity index (χ3n) is 5.00. The molecule has 0 N–H and O–H groups in total. The van der Waals surface area contributed by atoms with E-state index >= 15 is 0 Å². The van der Waals surface area contributed by atoms with Crippen molar-refractivity contribution in [3.63, 3.8) is 0 Å². The van der Waals surface area contributed by atoms with Gasteiger partial charge in [0.15, 0.2) is 15.6 Å². The van der Waals surface area contributed by atoms with E-state index in [1.807, 2.05) is 12.1 Å². The largest absolute Gasteiger partial charge is 0.294 e. The first-order chi connectivity index (χ1) is 11.8. The molecule has 0 aliphatic heterocycles. The maximum Gasteiger partial charge on any atom is 0.175 e. The lowest BCUT2D eigenvalue weighted by molar-refractivity contribution is -0.114. The van der Waals surface area contributed by atoms with Gasteiger partial charge in [0.2, 0.25) is 0 Å². The summed E-state index contributed by atoms with van der Waals surface area (Å²) in [7, 11) is -3.25. The Bertz CT molecular complexity index is 944. The Morgan fingerprint density at radius 3 is 2.16 bits per heavy atom. The van der Waals surface area contributed by atoms with E-state index in [2.05, 4.69) is 18.8 Å². The average molecular weight is 355 g/mol. The minimum Gasteiger partial charge on any atom is -0.294 e. The molecule has 1 atom stereocenters. The number of nitrogens with zero attached hydrogens (tertiary/aromatic N) is 1. The van der Waals surface area contributed by atoms with Crippen molar-refractivity contribution >= 4 is 26.8 Å². The standard InChI is InChI=1S/C20H21NO3S/c1-4-20(2)13-17(22)18(14-9-11-21-12-10-14)19(20)15-5-7-16(8-6-15)25(3,23)24/h5-12H,4,13H2,1-3H3. The Morgan fingerprint density at radius 2 is 1.64 bits per heavy atom. The van der Waals surface area contributed by atoms with Gasteiger partial charge >= 0.3 is 0 Å². The molecule has 4 nitrogen and oxygen atoms in total. The predicted octanol–water partition coefficient (Wildman–Crippen LogP) is 3.79. The molecule has 1 aliphatic rings. The van der Waals surface area contributed by atoms with Crippen molar-refractivity contribution in [2.45, 2.75) is 31.6 Å². The van der Waals surface area contributed by atoms with Crippen LogP contribution in [0.1, 0.15) is 37.8 Å². The second-order valence-electron chi connectivity index (χ2n) is 6.80. The Balaban J connectivity index is 2.23. The summed E-state index contributed by atoms with van der Waals surface area (Å²) in [6, 6.07) is 10.5. The predicted molar refractivity (Wildman–Crippen MR) is 98.6 cm³/mol. The first-order valence-electron chi connectivity index (χ1n) is 8.25. The fraction of sp³-hybridized carbons (Fsp3) is 0.300. The maximum absolute atomic E-state index is 12.8. The Labute approximate surface area is 148 Å². The third kappa shape index (κ3) is 3.16. The molecule has 130 valence electrons. The van der Waals surface area contributed by atoms with Crippen LogP contribution in [-0.4, -0.2) is 25.4 Å². The summed E-state index contributed by atoms with van der Waals surface area (Å²) < 4.78 is 23.4. The van der Waals surface area contributed by atoms with Gasteiger partial charge in [-0.05, 0) is 47.4 Å². The summed E-state index contributed by atoms with van der Waals surface area (Å²) in [4.78, 5) is 17.1. The van der Waals surface area contributed by atoms with Crippen molar-refractivity contribution in [1.82, 2.24) is 4.98 Å². The van der Waals surface area contributed by atoms with Crippen LogP contribution in [0.2, 0.25) is 0 Å². The van der Waals surface area contributed by atoms with Gasteiger partial charge in [-0.25, -0.2) is 8.42 Å². The smallest absolute Gasteiger partial charge is 0.175 e. The molecule has 2 aromatic rings. The number of pyridine rings is 1. The number of hydrogen-bond donors (Lipinski definition) is 0. The van der Waals surface area contributed by atoms with Crippen molar-refractivity contribution in [2.75, 3.05) is 6.26 Å². The molecule has 0 fully saturated rings. The lowest BCUT2D eigenvalue weighted by Crippen LogP contribution is -2.14. The Hall–Kier alpha value is -2.27. The lowest BCUT2D eigenvalue weighted by Gasteiger charge is -2.26. The molecule has 0 saturated carbocycles. The van der Waals surface area contributed by atoms with Gasteiger partial charge in [0.05, 0.1) is 4.90 Å². The zero-order valence-electron chi connectivity index (χ0n) is 14.6. The molecule has 1 unspecified atom stereocenters. The van der Waals surface area contributed by atoms with Gasteiger partial charge in [0.25, 0.3) is 0 Å². The van der Waals surface area contributed by atoms with E-state index in [0.717, 1.165) is 28.7 Å². The molecular weight excluding hydrogens is 334 g/mol. The highest BCUT2D eigenvalue weighted by Crippen LogP contribution is 2.51. The van der Waals surface area contributed by atoms with Crippen molar-refractivity contribution < 1.29 is 13.2 Å². The monoisotopic (exact) mass is 355 g/mol. The SMILES string of the molecule is CCC1(C)CC(=O)C(c2ccncc2)=C1c1ccc(S(C)(=O)=O)cc1. The highest BCUT2D eigenvalue weighted by atomic mass is 32.2. The van der Waals surface area contributed by atoms with Crippen LogP contribution in [0.25, 0.3) is 11.1 Å². The molecule has 3 rings (SSSR count). The number of sulfone groups is 1. The molecule has 0 bridgehead atoms. The molecule has 1 aromatic carbocycles. The number of carbonyl (C=O) groups excluding carboxylic acids is 1. The molecule has 1 heterocycles. The molecule has 1 aliphatic carbocycles. The summed E-state index contributed by atoms with van der Waals surface area (Å²) in [5.41, 5.74) is 3.21. The molecule has 0 saturated heterocycles. The molecular formula is C20H21NO3S. The zero-order valence-corrected chi connectivity index (χ0v) is 15.4. The van der Waals surface area contributed by atoms with E-state index in [1.165, 1.54) is 6.26 Å². The first kappa shape index (κ1) is 17.5. The summed E-state index contributed by atoms with van der Waals surface area (Å²) >= 11 is 0. The van der Waals surface area contributed by atoms with Crippen LogP contribution in [0, 0.1) is 5.41 Å². The van der Waals surface area contributed by atoms with E-state index in [9.17, 15) is 13.2 Å². The van der Waals surface area contributed by atoms with Gasteiger partial charge in [-0.15, -0.1) is 0 Å². The zero-order chi connectivity index (χ0) is 18.2. The normalized spacial score (nSPS) is 21.0. The van der Waals surface area contributed by atoms with Gasteiger partial charge in [0.1, 0.15) is 0 Å².